The Labute approximate surface area is 239 Å². The fourth-order valence-corrected chi connectivity index (χ4v) is 6.16. The SMILES string of the molecule is CC1=CCC(S(=O)(=O)NC(=O)c2ccc(NC(=O)c3cc(OCCC4=CSCC4)cc(OC(C)C)c3)nc2)C=C1. The molecule has 9 nitrogen and oxygen atoms in total. The third kappa shape index (κ3) is 8.22. The van der Waals surface area contributed by atoms with Gasteiger partial charge >= 0.3 is 0 Å². The van der Waals surface area contributed by atoms with Gasteiger partial charge in [0.05, 0.1) is 18.3 Å². The lowest BCUT2D eigenvalue weighted by Gasteiger charge is -2.16. The standard InChI is InChI=1S/C29H33N3O6S2/c1-19(2)38-25-15-23(14-24(16-25)37-12-10-21-11-13-39-18-21)28(33)31-27-9-6-22(17-30-27)29(34)32-40(35,36)26-7-4-20(3)5-8-26/h4-7,9,14-19,26H,8,10-13H2,1-3H3,(H,32,34)(H,30,31,33). The molecule has 1 aliphatic carbocycles. The number of ether oxygens (including phenoxy) is 2. The number of thioether (sulfide) groups is 1. The minimum absolute atomic E-state index is 0.0480. The zero-order valence-electron chi connectivity index (χ0n) is 22.7. The van der Waals surface area contributed by atoms with Gasteiger partial charge < -0.3 is 14.8 Å². The van der Waals surface area contributed by atoms with Crippen LogP contribution in [0.1, 0.15) is 60.7 Å². The molecule has 1 unspecified atom stereocenters. The molecule has 2 aromatic rings. The van der Waals surface area contributed by atoms with E-state index in [2.05, 4.69) is 20.4 Å². The summed E-state index contributed by atoms with van der Waals surface area (Å²) in [7, 11) is -3.90. The van der Waals surface area contributed by atoms with Crippen LogP contribution in [0.25, 0.3) is 0 Å². The van der Waals surface area contributed by atoms with E-state index in [1.807, 2.05) is 20.8 Å². The first-order chi connectivity index (χ1) is 19.1. The van der Waals surface area contributed by atoms with Crippen molar-refractivity contribution in [1.82, 2.24) is 9.71 Å². The summed E-state index contributed by atoms with van der Waals surface area (Å²) in [4.78, 5) is 29.7. The van der Waals surface area contributed by atoms with E-state index in [4.69, 9.17) is 9.47 Å². The third-order valence-electron chi connectivity index (χ3n) is 6.14. The van der Waals surface area contributed by atoms with Crippen LogP contribution in [0.4, 0.5) is 5.82 Å². The number of hydrogen-bond acceptors (Lipinski definition) is 8. The monoisotopic (exact) mass is 583 g/mol. The molecule has 0 fully saturated rings. The summed E-state index contributed by atoms with van der Waals surface area (Å²) < 4.78 is 39.0. The lowest BCUT2D eigenvalue weighted by atomic mass is 10.1. The first-order valence-electron chi connectivity index (χ1n) is 13.0. The van der Waals surface area contributed by atoms with Crippen molar-refractivity contribution in [2.45, 2.75) is 51.4 Å². The Balaban J connectivity index is 1.39. The van der Waals surface area contributed by atoms with Gasteiger partial charge in [-0.25, -0.2) is 18.1 Å². The summed E-state index contributed by atoms with van der Waals surface area (Å²) in [5, 5.41) is 4.05. The molecule has 2 amide bonds. The van der Waals surface area contributed by atoms with Crippen molar-refractivity contribution >= 4 is 39.4 Å². The summed E-state index contributed by atoms with van der Waals surface area (Å²) in [5.41, 5.74) is 2.70. The molecule has 2 aliphatic rings. The number of allylic oxidation sites excluding steroid dienone is 3. The van der Waals surface area contributed by atoms with E-state index >= 15 is 0 Å². The summed E-state index contributed by atoms with van der Waals surface area (Å²) in [6.07, 6.45) is 8.38. The van der Waals surface area contributed by atoms with Gasteiger partial charge in [0.2, 0.25) is 10.0 Å². The van der Waals surface area contributed by atoms with Crippen LogP contribution in [0.5, 0.6) is 11.5 Å². The molecular formula is C29H33N3O6S2. The van der Waals surface area contributed by atoms with Crippen LogP contribution in [-0.4, -0.2) is 48.9 Å². The molecule has 1 aliphatic heterocycles. The lowest BCUT2D eigenvalue weighted by molar-refractivity contribution is 0.0979. The average Bonchev–Trinajstić information content (AvgIpc) is 3.42. The number of rotatable bonds is 11. The predicted molar refractivity (Wildman–Crippen MR) is 157 cm³/mol. The maximum absolute atomic E-state index is 13.0. The van der Waals surface area contributed by atoms with Gasteiger partial charge in [-0.05, 0) is 63.3 Å². The molecule has 1 aromatic carbocycles. The Hall–Kier alpha value is -3.57. The van der Waals surface area contributed by atoms with Crippen molar-refractivity contribution in [1.29, 1.82) is 0 Å². The zero-order chi connectivity index (χ0) is 28.7. The molecule has 4 rings (SSSR count). The Morgan fingerprint density at radius 1 is 1.12 bits per heavy atom. The van der Waals surface area contributed by atoms with Crippen LogP contribution in [0.3, 0.4) is 0 Å². The van der Waals surface area contributed by atoms with Crippen molar-refractivity contribution < 1.29 is 27.5 Å². The van der Waals surface area contributed by atoms with E-state index in [1.54, 1.807) is 48.2 Å². The van der Waals surface area contributed by atoms with E-state index in [-0.39, 0.29) is 17.5 Å². The summed E-state index contributed by atoms with van der Waals surface area (Å²) in [5.74, 6) is 1.10. The molecule has 0 saturated carbocycles. The molecule has 0 radical (unpaired) electrons. The molecule has 212 valence electrons. The van der Waals surface area contributed by atoms with E-state index in [0.29, 0.717) is 30.1 Å². The van der Waals surface area contributed by atoms with Gasteiger partial charge in [-0.2, -0.15) is 0 Å². The molecule has 1 atom stereocenters. The molecule has 0 bridgehead atoms. The maximum atomic E-state index is 13.0. The van der Waals surface area contributed by atoms with Gasteiger partial charge in [0.25, 0.3) is 11.8 Å². The molecule has 40 heavy (non-hydrogen) atoms. The van der Waals surface area contributed by atoms with Gasteiger partial charge in [-0.1, -0.05) is 29.4 Å². The number of pyridine rings is 1. The van der Waals surface area contributed by atoms with Crippen molar-refractivity contribution in [3.05, 3.63) is 82.4 Å². The minimum atomic E-state index is -3.90. The smallest absolute Gasteiger partial charge is 0.266 e. The molecule has 11 heteroatoms. The van der Waals surface area contributed by atoms with Gasteiger partial charge in [0.15, 0.2) is 0 Å². The van der Waals surface area contributed by atoms with Crippen LogP contribution >= 0.6 is 11.8 Å². The lowest BCUT2D eigenvalue weighted by Crippen LogP contribution is -2.37. The molecule has 1 aromatic heterocycles. The van der Waals surface area contributed by atoms with Gasteiger partial charge in [0.1, 0.15) is 22.6 Å². The van der Waals surface area contributed by atoms with E-state index in [1.165, 1.54) is 23.9 Å². The number of nitrogens with zero attached hydrogens (tertiary/aromatic N) is 1. The Morgan fingerprint density at radius 2 is 1.93 bits per heavy atom. The highest BCUT2D eigenvalue weighted by Gasteiger charge is 2.26. The fraction of sp³-hybridized carbons (Fsp3) is 0.345. The summed E-state index contributed by atoms with van der Waals surface area (Å²) >= 11 is 1.81. The Morgan fingerprint density at radius 3 is 2.58 bits per heavy atom. The topological polar surface area (TPSA) is 124 Å². The van der Waals surface area contributed by atoms with Crippen molar-refractivity contribution in [2.75, 3.05) is 17.7 Å². The first kappa shape index (κ1) is 29.4. The van der Waals surface area contributed by atoms with Crippen molar-refractivity contribution in [3.8, 4) is 11.5 Å². The molecule has 2 heterocycles. The molecule has 0 spiro atoms. The van der Waals surface area contributed by atoms with Crippen molar-refractivity contribution in [3.63, 3.8) is 0 Å². The normalized spacial score (nSPS) is 16.8. The van der Waals surface area contributed by atoms with Gasteiger partial charge in [-0.3, -0.25) is 9.59 Å². The van der Waals surface area contributed by atoms with Gasteiger partial charge in [-0.15, -0.1) is 11.8 Å². The largest absolute Gasteiger partial charge is 0.493 e. The Kier molecular flexibility index (Phi) is 9.70. The molecular weight excluding hydrogens is 550 g/mol. The number of anilines is 1. The van der Waals surface area contributed by atoms with Crippen LogP contribution in [0.15, 0.2) is 71.3 Å². The zero-order valence-corrected chi connectivity index (χ0v) is 24.3. The number of sulfonamides is 1. The summed E-state index contributed by atoms with van der Waals surface area (Å²) in [6, 6.07) is 7.86. The van der Waals surface area contributed by atoms with Crippen LogP contribution in [0.2, 0.25) is 0 Å². The maximum Gasteiger partial charge on any atom is 0.266 e. The highest BCUT2D eigenvalue weighted by atomic mass is 32.2. The second kappa shape index (κ2) is 13.2. The van der Waals surface area contributed by atoms with Crippen LogP contribution in [0, 0.1) is 0 Å². The first-order valence-corrected chi connectivity index (χ1v) is 15.6. The molecule has 0 saturated heterocycles. The van der Waals surface area contributed by atoms with E-state index in [0.717, 1.165) is 24.2 Å². The average molecular weight is 584 g/mol. The second-order valence-corrected chi connectivity index (χ2v) is 12.7. The third-order valence-corrected chi connectivity index (χ3v) is 8.70. The van der Waals surface area contributed by atoms with Crippen LogP contribution < -0.4 is 19.5 Å². The van der Waals surface area contributed by atoms with E-state index < -0.39 is 27.1 Å². The number of nitrogens with one attached hydrogen (secondary N) is 2. The van der Waals surface area contributed by atoms with Crippen LogP contribution in [-0.2, 0) is 10.0 Å². The highest BCUT2D eigenvalue weighted by molar-refractivity contribution is 8.02. The quantitative estimate of drug-likeness (QED) is 0.368. The Bertz CT molecular complexity index is 1450. The number of benzene rings is 1. The summed E-state index contributed by atoms with van der Waals surface area (Å²) in [6.45, 7) is 6.16. The molecule has 2 N–H and O–H groups in total. The number of carbonyl (C=O) groups excluding carboxylic acids is 2. The second-order valence-electron chi connectivity index (χ2n) is 9.80. The fourth-order valence-electron chi connectivity index (χ4n) is 4.03. The van der Waals surface area contributed by atoms with Crippen molar-refractivity contribution in [2.24, 2.45) is 0 Å². The van der Waals surface area contributed by atoms with E-state index in [9.17, 15) is 18.0 Å². The minimum Gasteiger partial charge on any atom is -0.493 e. The number of aromatic nitrogens is 1. The predicted octanol–water partition coefficient (Wildman–Crippen LogP) is 5.25. The number of hydrogen-bond donors (Lipinski definition) is 2. The van der Waals surface area contributed by atoms with Gasteiger partial charge in [0, 0.05) is 30.0 Å². The number of amides is 2. The number of carbonyl (C=O) groups is 2. The highest BCUT2D eigenvalue weighted by Crippen LogP contribution is 2.27.